The van der Waals surface area contributed by atoms with Crippen LogP contribution in [0.1, 0.15) is 16.1 Å². The number of hydrogen-bond acceptors (Lipinski definition) is 4. The molecule has 0 N–H and O–H groups in total. The van der Waals surface area contributed by atoms with Gasteiger partial charge in [-0.25, -0.2) is 9.78 Å². The molecule has 0 unspecified atom stereocenters. The summed E-state index contributed by atoms with van der Waals surface area (Å²) in [6.45, 7) is 1.84. The second kappa shape index (κ2) is 5.02. The van der Waals surface area contributed by atoms with Crippen LogP contribution < -0.4 is 4.90 Å². The van der Waals surface area contributed by atoms with Gasteiger partial charge in [-0.15, -0.1) is 0 Å². The van der Waals surface area contributed by atoms with Crippen LogP contribution in [-0.2, 0) is 11.8 Å². The largest absolute Gasteiger partial charge is 0.465 e. The fraction of sp³-hybridized carbons (Fsp3) is 0.294. The number of fused-ring (bicyclic) bond motifs is 3. The fourth-order valence-electron chi connectivity index (χ4n) is 3.05. The normalized spacial score (nSPS) is 11.1. The molecule has 0 radical (unpaired) electrons. The summed E-state index contributed by atoms with van der Waals surface area (Å²) in [7, 11) is 7.26. The van der Waals surface area contributed by atoms with Crippen molar-refractivity contribution in [2.24, 2.45) is 7.05 Å². The number of pyridine rings is 1. The number of carbonyl (C=O) groups is 1. The van der Waals surface area contributed by atoms with Gasteiger partial charge in [0.1, 0.15) is 11.2 Å². The van der Waals surface area contributed by atoms with Crippen molar-refractivity contribution in [2.45, 2.75) is 6.92 Å². The number of hydrogen-bond donors (Lipinski definition) is 0. The molecule has 5 heteroatoms. The van der Waals surface area contributed by atoms with Crippen molar-refractivity contribution in [1.29, 1.82) is 0 Å². The number of ether oxygens (including phenoxy) is 1. The Bertz CT molecular complexity index is 894. The maximum absolute atomic E-state index is 12.3. The predicted octanol–water partition coefficient (Wildman–Crippen LogP) is 2.89. The molecule has 1 aromatic carbocycles. The molecule has 0 aliphatic rings. The molecule has 0 aliphatic carbocycles. The van der Waals surface area contributed by atoms with E-state index in [4.69, 9.17) is 4.74 Å². The van der Waals surface area contributed by atoms with Crippen LogP contribution in [-0.4, -0.2) is 36.7 Å². The van der Waals surface area contributed by atoms with Gasteiger partial charge >= 0.3 is 5.97 Å². The predicted molar refractivity (Wildman–Crippen MR) is 88.6 cm³/mol. The van der Waals surface area contributed by atoms with Crippen LogP contribution in [0.5, 0.6) is 0 Å². The third kappa shape index (κ3) is 1.85. The Kier molecular flexibility index (Phi) is 3.28. The highest BCUT2D eigenvalue weighted by atomic mass is 16.5. The van der Waals surface area contributed by atoms with Crippen LogP contribution in [0, 0.1) is 6.92 Å². The van der Waals surface area contributed by atoms with Gasteiger partial charge in [-0.05, 0) is 13.0 Å². The molecule has 114 valence electrons. The third-order valence-electron chi connectivity index (χ3n) is 4.02. The molecule has 0 aliphatic heterocycles. The second-order valence-corrected chi connectivity index (χ2v) is 5.58. The zero-order valence-corrected chi connectivity index (χ0v) is 13.5. The number of methoxy groups -OCH3 is 1. The van der Waals surface area contributed by atoms with E-state index in [9.17, 15) is 4.79 Å². The fourth-order valence-corrected chi connectivity index (χ4v) is 3.05. The number of para-hydroxylation sites is 1. The molecular weight excluding hydrogens is 278 g/mol. The monoisotopic (exact) mass is 297 g/mol. The molecule has 0 spiro atoms. The highest BCUT2D eigenvalue weighted by Crippen LogP contribution is 2.37. The van der Waals surface area contributed by atoms with Gasteiger partial charge in [-0.1, -0.05) is 18.2 Å². The van der Waals surface area contributed by atoms with E-state index in [0.717, 1.165) is 27.6 Å². The zero-order chi connectivity index (χ0) is 16.0. The van der Waals surface area contributed by atoms with Gasteiger partial charge in [0.2, 0.25) is 0 Å². The van der Waals surface area contributed by atoms with Gasteiger partial charge in [0.15, 0.2) is 0 Å². The third-order valence-corrected chi connectivity index (χ3v) is 4.02. The lowest BCUT2D eigenvalue weighted by molar-refractivity contribution is 0.0600. The number of benzene rings is 1. The number of nitrogens with zero attached hydrogens (tertiary/aromatic N) is 3. The number of aryl methyl sites for hydroxylation is 2. The first-order valence-electron chi connectivity index (χ1n) is 7.10. The Morgan fingerprint density at radius 1 is 1.27 bits per heavy atom. The van der Waals surface area contributed by atoms with E-state index in [2.05, 4.69) is 21.7 Å². The Labute approximate surface area is 129 Å². The Hall–Kier alpha value is -2.56. The zero-order valence-electron chi connectivity index (χ0n) is 13.5. The van der Waals surface area contributed by atoms with E-state index >= 15 is 0 Å². The number of esters is 1. The minimum absolute atomic E-state index is 0.358. The molecule has 0 saturated heterocycles. The smallest absolute Gasteiger partial charge is 0.341 e. The Morgan fingerprint density at radius 3 is 2.59 bits per heavy atom. The summed E-state index contributed by atoms with van der Waals surface area (Å²) in [5, 5.41) is 2.07. The molecule has 22 heavy (non-hydrogen) atoms. The van der Waals surface area contributed by atoms with E-state index in [1.165, 1.54) is 7.11 Å². The molecule has 5 nitrogen and oxygen atoms in total. The van der Waals surface area contributed by atoms with Crippen LogP contribution in [0.3, 0.4) is 0 Å². The first kappa shape index (κ1) is 14.4. The van der Waals surface area contributed by atoms with E-state index in [0.29, 0.717) is 11.3 Å². The number of anilines is 1. The summed E-state index contributed by atoms with van der Waals surface area (Å²) in [4.78, 5) is 18.9. The highest BCUT2D eigenvalue weighted by molar-refractivity contribution is 6.17. The van der Waals surface area contributed by atoms with Crippen LogP contribution in [0.15, 0.2) is 24.3 Å². The minimum Gasteiger partial charge on any atom is -0.465 e. The van der Waals surface area contributed by atoms with Crippen molar-refractivity contribution in [3.8, 4) is 0 Å². The Balaban J connectivity index is 2.59. The van der Waals surface area contributed by atoms with Gasteiger partial charge in [0.05, 0.1) is 29.4 Å². The maximum atomic E-state index is 12.3. The lowest BCUT2D eigenvalue weighted by Crippen LogP contribution is -2.17. The molecule has 0 fully saturated rings. The second-order valence-electron chi connectivity index (χ2n) is 5.58. The first-order chi connectivity index (χ1) is 10.5. The van der Waals surface area contributed by atoms with E-state index < -0.39 is 0 Å². The minimum atomic E-state index is -0.358. The van der Waals surface area contributed by atoms with Crippen molar-refractivity contribution < 1.29 is 9.53 Å². The molecule has 0 atom stereocenters. The van der Waals surface area contributed by atoms with Gasteiger partial charge in [-0.2, -0.15) is 0 Å². The van der Waals surface area contributed by atoms with E-state index in [1.807, 2.05) is 45.1 Å². The van der Waals surface area contributed by atoms with Gasteiger partial charge in [0.25, 0.3) is 0 Å². The lowest BCUT2D eigenvalue weighted by atomic mass is 10.1. The van der Waals surface area contributed by atoms with E-state index in [1.54, 1.807) is 0 Å². The van der Waals surface area contributed by atoms with Crippen molar-refractivity contribution in [2.75, 3.05) is 26.1 Å². The molecule has 3 aromatic rings. The van der Waals surface area contributed by atoms with Crippen molar-refractivity contribution in [3.63, 3.8) is 0 Å². The molecule has 0 saturated carbocycles. The number of rotatable bonds is 2. The summed E-state index contributed by atoms with van der Waals surface area (Å²) in [5.41, 5.74) is 4.01. The van der Waals surface area contributed by atoms with Crippen LogP contribution >= 0.6 is 0 Å². The number of carbonyl (C=O) groups excluding carboxylic acids is 1. The molecule has 2 aromatic heterocycles. The van der Waals surface area contributed by atoms with Crippen LogP contribution in [0.2, 0.25) is 0 Å². The van der Waals surface area contributed by atoms with Crippen molar-refractivity contribution >= 4 is 33.6 Å². The lowest BCUT2D eigenvalue weighted by Gasteiger charge is -2.19. The average molecular weight is 297 g/mol. The van der Waals surface area contributed by atoms with Gasteiger partial charge in [0, 0.05) is 26.5 Å². The highest BCUT2D eigenvalue weighted by Gasteiger charge is 2.24. The summed E-state index contributed by atoms with van der Waals surface area (Å²) < 4.78 is 7.02. The average Bonchev–Trinajstić information content (AvgIpc) is 2.78. The maximum Gasteiger partial charge on any atom is 0.341 e. The quantitative estimate of drug-likeness (QED) is 0.682. The van der Waals surface area contributed by atoms with Crippen LogP contribution in [0.4, 0.5) is 5.69 Å². The molecular formula is C17H19N3O2. The molecule has 3 rings (SSSR count). The summed E-state index contributed by atoms with van der Waals surface area (Å²) in [6, 6.07) is 8.12. The van der Waals surface area contributed by atoms with Gasteiger partial charge < -0.3 is 14.2 Å². The summed E-state index contributed by atoms with van der Waals surface area (Å²) >= 11 is 0. The SMILES string of the molecule is COC(=O)c1c(C)nc2c(c1N(C)C)c1ccccc1n2C. The molecule has 0 amide bonds. The molecule has 2 heterocycles. The Morgan fingerprint density at radius 2 is 1.95 bits per heavy atom. The summed E-state index contributed by atoms with van der Waals surface area (Å²) in [6.07, 6.45) is 0. The topological polar surface area (TPSA) is 47.4 Å². The van der Waals surface area contributed by atoms with Crippen LogP contribution in [0.25, 0.3) is 21.9 Å². The van der Waals surface area contributed by atoms with Crippen molar-refractivity contribution in [1.82, 2.24) is 9.55 Å². The van der Waals surface area contributed by atoms with E-state index in [-0.39, 0.29) is 5.97 Å². The first-order valence-corrected chi connectivity index (χ1v) is 7.10. The standard InChI is InChI=1S/C17H19N3O2/c1-10-13(17(21)22-5)15(19(2)3)14-11-8-6-7-9-12(11)20(4)16(14)18-10/h6-9H,1-5H3. The molecule has 0 bridgehead atoms. The summed E-state index contributed by atoms with van der Waals surface area (Å²) in [5.74, 6) is -0.358. The van der Waals surface area contributed by atoms with Crippen molar-refractivity contribution in [3.05, 3.63) is 35.5 Å². The van der Waals surface area contributed by atoms with Gasteiger partial charge in [-0.3, -0.25) is 0 Å². The number of aromatic nitrogens is 2.